The lowest BCUT2D eigenvalue weighted by atomic mass is 9.85. The summed E-state index contributed by atoms with van der Waals surface area (Å²) in [6.07, 6.45) is 0. The minimum atomic E-state index is -2.25. The zero-order chi connectivity index (χ0) is 28.0. The fourth-order valence-corrected chi connectivity index (χ4v) is 4.23. The van der Waals surface area contributed by atoms with Crippen LogP contribution in [-0.4, -0.2) is 29.5 Å². The number of hydrazine groups is 1. The maximum absolute atomic E-state index is 14.0. The predicted molar refractivity (Wildman–Crippen MR) is 150 cm³/mol. The first-order chi connectivity index (χ1) is 18.8. The van der Waals surface area contributed by atoms with Gasteiger partial charge in [-0.1, -0.05) is 77.8 Å². The molecule has 198 valence electrons. The van der Waals surface area contributed by atoms with E-state index in [2.05, 4.69) is 5.43 Å². The second-order valence-corrected chi connectivity index (χ2v) is 9.28. The minimum absolute atomic E-state index is 0.00151. The predicted octanol–water partition coefficient (Wildman–Crippen LogP) is 5.78. The van der Waals surface area contributed by atoms with Crippen molar-refractivity contribution in [2.45, 2.75) is 12.5 Å². The molecule has 2 N–H and O–H groups in total. The summed E-state index contributed by atoms with van der Waals surface area (Å²) in [6, 6.07) is 26.7. The van der Waals surface area contributed by atoms with Gasteiger partial charge < -0.3 is 9.84 Å². The normalized spacial score (nSPS) is 11.0. The summed E-state index contributed by atoms with van der Waals surface area (Å²) >= 11 is 12.1. The van der Waals surface area contributed by atoms with Crippen molar-refractivity contribution >= 4 is 46.7 Å². The number of anilines is 1. The van der Waals surface area contributed by atoms with Crippen molar-refractivity contribution in [3.63, 3.8) is 0 Å². The van der Waals surface area contributed by atoms with Crippen molar-refractivity contribution in [1.82, 2.24) is 5.43 Å². The van der Waals surface area contributed by atoms with Crippen molar-refractivity contribution in [3.05, 3.63) is 135 Å². The lowest BCUT2D eigenvalue weighted by Gasteiger charge is -2.32. The van der Waals surface area contributed by atoms with Gasteiger partial charge >= 0.3 is 5.97 Å². The Labute approximate surface area is 235 Å². The number of carbonyl (C=O) groups excluding carboxylic acids is 3. The van der Waals surface area contributed by atoms with Crippen LogP contribution in [0.2, 0.25) is 10.0 Å². The van der Waals surface area contributed by atoms with E-state index in [0.29, 0.717) is 15.7 Å². The van der Waals surface area contributed by atoms with Gasteiger partial charge in [-0.05, 0) is 66.6 Å². The number of nitrogens with zero attached hydrogens (tertiary/aromatic N) is 1. The Morgan fingerprint density at radius 1 is 0.769 bits per heavy atom. The molecule has 0 fully saturated rings. The largest absolute Gasteiger partial charge is 0.462 e. The highest BCUT2D eigenvalue weighted by Crippen LogP contribution is 2.32. The van der Waals surface area contributed by atoms with E-state index in [1.807, 2.05) is 0 Å². The molecule has 39 heavy (non-hydrogen) atoms. The summed E-state index contributed by atoms with van der Waals surface area (Å²) in [5, 5.41) is 13.8. The Balaban J connectivity index is 1.80. The first kappa shape index (κ1) is 27.9. The van der Waals surface area contributed by atoms with Crippen LogP contribution in [0.5, 0.6) is 0 Å². The summed E-state index contributed by atoms with van der Waals surface area (Å²) in [4.78, 5) is 40.4. The zero-order valence-corrected chi connectivity index (χ0v) is 22.3. The smallest absolute Gasteiger partial charge is 0.338 e. The maximum atomic E-state index is 14.0. The molecule has 0 aliphatic carbocycles. The van der Waals surface area contributed by atoms with E-state index in [0.717, 1.165) is 5.01 Å². The van der Waals surface area contributed by atoms with Gasteiger partial charge in [0.2, 0.25) is 0 Å². The molecular formula is C30H24Cl2N2O5. The third kappa shape index (κ3) is 5.96. The molecule has 0 aliphatic rings. The molecule has 4 aromatic rings. The van der Waals surface area contributed by atoms with Crippen molar-refractivity contribution < 1.29 is 24.2 Å². The number of carbonyl (C=O) groups is 3. The van der Waals surface area contributed by atoms with Crippen molar-refractivity contribution in [2.24, 2.45) is 0 Å². The standard InChI is InChI=1S/C30H24Cl2N2O5/c1-2-39-28(36)26-11-7-6-10-25(26)27(35)34(24-8-4-3-5-9-24)33-29(37)30(38,20-12-16-22(31)17-13-20)21-14-18-23(32)19-15-21/h3-19,38H,2H2,1H3,(H,33,37). The van der Waals surface area contributed by atoms with Gasteiger partial charge in [0.1, 0.15) is 0 Å². The fraction of sp³-hybridized carbons (Fsp3) is 0.100. The molecular weight excluding hydrogens is 539 g/mol. The summed E-state index contributed by atoms with van der Waals surface area (Å²) in [5.41, 5.74) is 1.07. The van der Waals surface area contributed by atoms with E-state index in [4.69, 9.17) is 27.9 Å². The molecule has 0 saturated carbocycles. The van der Waals surface area contributed by atoms with Gasteiger partial charge in [-0.15, -0.1) is 0 Å². The quantitative estimate of drug-likeness (QED) is 0.220. The molecule has 4 rings (SSSR count). The van der Waals surface area contributed by atoms with Gasteiger partial charge in [-0.25, -0.2) is 9.80 Å². The number of esters is 1. The van der Waals surface area contributed by atoms with Crippen LogP contribution < -0.4 is 10.4 Å². The number of benzene rings is 4. The Bertz CT molecular complexity index is 1430. The van der Waals surface area contributed by atoms with Crippen LogP contribution in [-0.2, 0) is 15.1 Å². The van der Waals surface area contributed by atoms with Crippen LogP contribution in [0.4, 0.5) is 5.69 Å². The van der Waals surface area contributed by atoms with E-state index >= 15 is 0 Å². The molecule has 9 heteroatoms. The first-order valence-electron chi connectivity index (χ1n) is 12.0. The third-order valence-corrected chi connectivity index (χ3v) is 6.44. The highest BCUT2D eigenvalue weighted by atomic mass is 35.5. The maximum Gasteiger partial charge on any atom is 0.338 e. The van der Waals surface area contributed by atoms with Crippen molar-refractivity contribution in [1.29, 1.82) is 0 Å². The Morgan fingerprint density at radius 2 is 1.26 bits per heavy atom. The van der Waals surface area contributed by atoms with Crippen molar-refractivity contribution in [3.8, 4) is 0 Å². The lowest BCUT2D eigenvalue weighted by Crippen LogP contribution is -2.54. The van der Waals surface area contributed by atoms with E-state index in [-0.39, 0.29) is 28.9 Å². The highest BCUT2D eigenvalue weighted by molar-refractivity contribution is 6.30. The molecule has 0 aromatic heterocycles. The number of ether oxygens (including phenoxy) is 1. The van der Waals surface area contributed by atoms with E-state index < -0.39 is 23.4 Å². The fourth-order valence-electron chi connectivity index (χ4n) is 3.98. The molecule has 4 aromatic carbocycles. The van der Waals surface area contributed by atoms with Gasteiger partial charge in [0.25, 0.3) is 11.8 Å². The summed E-state index contributed by atoms with van der Waals surface area (Å²) < 4.78 is 5.12. The lowest BCUT2D eigenvalue weighted by molar-refractivity contribution is -0.136. The van der Waals surface area contributed by atoms with Crippen LogP contribution in [0.1, 0.15) is 38.8 Å². The average molecular weight is 563 g/mol. The van der Waals surface area contributed by atoms with Gasteiger partial charge in [-0.2, -0.15) is 0 Å². The van der Waals surface area contributed by atoms with Gasteiger partial charge in [-0.3, -0.25) is 15.0 Å². The number of para-hydroxylation sites is 1. The zero-order valence-electron chi connectivity index (χ0n) is 20.8. The monoisotopic (exact) mass is 562 g/mol. The molecule has 7 nitrogen and oxygen atoms in total. The Kier molecular flexibility index (Phi) is 8.66. The van der Waals surface area contributed by atoms with Crippen LogP contribution in [0.25, 0.3) is 0 Å². The number of rotatable bonds is 7. The second kappa shape index (κ2) is 12.1. The number of hydrogen-bond acceptors (Lipinski definition) is 5. The molecule has 0 heterocycles. The number of halogens is 2. The molecule has 0 bridgehead atoms. The summed E-state index contributed by atoms with van der Waals surface area (Å²) in [5.74, 6) is -2.33. The van der Waals surface area contributed by atoms with Crippen LogP contribution in [0, 0.1) is 0 Å². The van der Waals surface area contributed by atoms with Crippen LogP contribution in [0.3, 0.4) is 0 Å². The third-order valence-electron chi connectivity index (χ3n) is 5.94. The number of aliphatic hydroxyl groups is 1. The Hall–Kier alpha value is -4.17. The minimum Gasteiger partial charge on any atom is -0.462 e. The topological polar surface area (TPSA) is 95.9 Å². The number of nitrogens with one attached hydrogen (secondary N) is 1. The van der Waals surface area contributed by atoms with Gasteiger partial charge in [0, 0.05) is 10.0 Å². The van der Waals surface area contributed by atoms with Crippen molar-refractivity contribution in [2.75, 3.05) is 11.6 Å². The Morgan fingerprint density at radius 3 is 1.77 bits per heavy atom. The number of amides is 2. The molecule has 0 atom stereocenters. The first-order valence-corrected chi connectivity index (χ1v) is 12.7. The molecule has 0 unspecified atom stereocenters. The van der Waals surface area contributed by atoms with E-state index in [9.17, 15) is 19.5 Å². The summed E-state index contributed by atoms with van der Waals surface area (Å²) in [7, 11) is 0. The van der Waals surface area contributed by atoms with Gasteiger partial charge in [0.15, 0.2) is 5.60 Å². The highest BCUT2D eigenvalue weighted by Gasteiger charge is 2.42. The summed E-state index contributed by atoms with van der Waals surface area (Å²) in [6.45, 7) is 1.78. The molecule has 0 saturated heterocycles. The molecule has 0 spiro atoms. The average Bonchev–Trinajstić information content (AvgIpc) is 2.96. The molecule has 0 radical (unpaired) electrons. The second-order valence-electron chi connectivity index (χ2n) is 8.41. The van der Waals surface area contributed by atoms with Gasteiger partial charge in [0.05, 0.1) is 23.4 Å². The SMILES string of the molecule is CCOC(=O)c1ccccc1C(=O)N(NC(=O)C(O)(c1ccc(Cl)cc1)c1ccc(Cl)cc1)c1ccccc1. The van der Waals surface area contributed by atoms with Crippen LogP contribution >= 0.6 is 23.2 Å². The van der Waals surface area contributed by atoms with Crippen LogP contribution in [0.15, 0.2) is 103 Å². The van der Waals surface area contributed by atoms with E-state index in [1.165, 1.54) is 36.4 Å². The number of hydrogen-bond donors (Lipinski definition) is 2. The molecule has 2 amide bonds. The molecule has 0 aliphatic heterocycles. The van der Waals surface area contributed by atoms with E-state index in [1.54, 1.807) is 73.7 Å².